The third-order valence-electron chi connectivity index (χ3n) is 3.08. The number of methoxy groups -OCH3 is 1. The first kappa shape index (κ1) is 11.9. The van der Waals surface area contributed by atoms with Crippen molar-refractivity contribution in [3.63, 3.8) is 0 Å². The lowest BCUT2D eigenvalue weighted by molar-refractivity contribution is -0.385. The maximum Gasteiger partial charge on any atom is 0.311 e. The van der Waals surface area contributed by atoms with Crippen molar-refractivity contribution in [1.29, 1.82) is 0 Å². The number of benzene rings is 1. The van der Waals surface area contributed by atoms with Crippen molar-refractivity contribution in [3.05, 3.63) is 33.5 Å². The molecule has 6 nitrogen and oxygen atoms in total. The monoisotopic (exact) mass is 277 g/mol. The minimum atomic E-state index is -0.426. The minimum absolute atomic E-state index is 0.0238. The summed E-state index contributed by atoms with van der Waals surface area (Å²) in [6, 6.07) is 3.24. The topological polar surface area (TPSA) is 77.3 Å². The molecule has 0 spiro atoms. The number of thiazole rings is 1. The van der Waals surface area contributed by atoms with Gasteiger partial charge in [0.1, 0.15) is 0 Å². The number of nitrogens with zero attached hydrogens (tertiary/aromatic N) is 2. The van der Waals surface area contributed by atoms with Gasteiger partial charge in [-0.2, -0.15) is 0 Å². The Labute approximate surface area is 113 Å². The van der Waals surface area contributed by atoms with Crippen LogP contribution in [0, 0.1) is 10.1 Å². The average molecular weight is 277 g/mol. The summed E-state index contributed by atoms with van der Waals surface area (Å²) in [5, 5.41) is 14.4. The van der Waals surface area contributed by atoms with Crippen molar-refractivity contribution >= 4 is 22.7 Å². The Hall–Kier alpha value is -2.15. The van der Waals surface area contributed by atoms with Gasteiger partial charge in [-0.15, -0.1) is 11.3 Å². The van der Waals surface area contributed by atoms with Gasteiger partial charge >= 0.3 is 5.69 Å². The largest absolute Gasteiger partial charge is 0.490 e. The van der Waals surface area contributed by atoms with Gasteiger partial charge in [-0.3, -0.25) is 10.1 Å². The summed E-state index contributed by atoms with van der Waals surface area (Å²) in [7, 11) is 1.43. The number of rotatable bonds is 2. The van der Waals surface area contributed by atoms with E-state index in [2.05, 4.69) is 10.3 Å². The Morgan fingerprint density at radius 2 is 2.37 bits per heavy atom. The van der Waals surface area contributed by atoms with E-state index in [1.54, 1.807) is 17.6 Å². The van der Waals surface area contributed by atoms with Gasteiger partial charge in [-0.1, -0.05) is 0 Å². The number of nitrogens with one attached hydrogen (secondary N) is 1. The van der Waals surface area contributed by atoms with E-state index in [1.807, 2.05) is 0 Å². The number of nitro groups is 1. The fraction of sp³-hybridized carbons (Fsp3) is 0.250. The van der Waals surface area contributed by atoms with Gasteiger partial charge in [0.25, 0.3) is 0 Å². The smallest absolute Gasteiger partial charge is 0.311 e. The highest BCUT2D eigenvalue weighted by Crippen LogP contribution is 2.42. The summed E-state index contributed by atoms with van der Waals surface area (Å²) in [6.07, 6.45) is 0.809. The summed E-state index contributed by atoms with van der Waals surface area (Å²) in [5.41, 5.74) is 4.41. The molecule has 1 aromatic carbocycles. The van der Waals surface area contributed by atoms with Crippen LogP contribution >= 0.6 is 11.3 Å². The van der Waals surface area contributed by atoms with E-state index in [9.17, 15) is 10.1 Å². The fourth-order valence-electron chi connectivity index (χ4n) is 2.19. The quantitative estimate of drug-likeness (QED) is 0.674. The van der Waals surface area contributed by atoms with Crippen LogP contribution in [0.4, 0.5) is 11.4 Å². The summed E-state index contributed by atoms with van der Waals surface area (Å²) < 4.78 is 5.09. The SMILES string of the molecule is COc1cc2c(cc1[N+](=O)[O-])-c1scnc1CCN2. The molecule has 0 aliphatic carbocycles. The molecular weight excluding hydrogens is 266 g/mol. The first-order valence-corrected chi connectivity index (χ1v) is 6.61. The number of aromatic nitrogens is 1. The molecule has 0 atom stereocenters. The van der Waals surface area contributed by atoms with Crippen LogP contribution in [-0.2, 0) is 6.42 Å². The molecule has 0 unspecified atom stereocenters. The molecular formula is C12H11N3O3S. The Bertz CT molecular complexity index is 654. The van der Waals surface area contributed by atoms with E-state index >= 15 is 0 Å². The zero-order valence-corrected chi connectivity index (χ0v) is 11.0. The van der Waals surface area contributed by atoms with E-state index in [1.165, 1.54) is 18.4 Å². The Balaban J connectivity index is 2.25. The van der Waals surface area contributed by atoms with Crippen molar-refractivity contribution in [3.8, 4) is 16.2 Å². The van der Waals surface area contributed by atoms with Crippen LogP contribution in [0.15, 0.2) is 17.6 Å². The lowest BCUT2D eigenvalue weighted by atomic mass is 10.1. The van der Waals surface area contributed by atoms with E-state index in [4.69, 9.17) is 4.74 Å². The van der Waals surface area contributed by atoms with E-state index in [-0.39, 0.29) is 11.4 Å². The van der Waals surface area contributed by atoms with Crippen molar-refractivity contribution in [1.82, 2.24) is 4.98 Å². The summed E-state index contributed by atoms with van der Waals surface area (Å²) >= 11 is 1.50. The van der Waals surface area contributed by atoms with Gasteiger partial charge in [-0.05, 0) is 0 Å². The second kappa shape index (κ2) is 4.51. The standard InChI is InChI=1S/C12H11N3O3S/c1-18-11-5-9-7(4-10(11)15(16)17)12-8(2-3-13-9)14-6-19-12/h4-6,13H,2-3H2,1H3. The fourth-order valence-corrected chi connectivity index (χ4v) is 3.06. The number of hydrogen-bond donors (Lipinski definition) is 1. The third kappa shape index (κ3) is 1.91. The second-order valence-corrected chi connectivity index (χ2v) is 4.99. The van der Waals surface area contributed by atoms with Gasteiger partial charge in [0.05, 0.1) is 28.1 Å². The first-order valence-electron chi connectivity index (χ1n) is 5.73. The van der Waals surface area contributed by atoms with Crippen LogP contribution in [0.25, 0.3) is 10.4 Å². The van der Waals surface area contributed by atoms with Gasteiger partial charge in [-0.25, -0.2) is 4.98 Å². The van der Waals surface area contributed by atoms with Gasteiger partial charge < -0.3 is 10.1 Å². The maximum absolute atomic E-state index is 11.1. The molecule has 1 N–H and O–H groups in total. The highest BCUT2D eigenvalue weighted by molar-refractivity contribution is 7.13. The molecule has 0 amide bonds. The van der Waals surface area contributed by atoms with Crippen LogP contribution < -0.4 is 10.1 Å². The Morgan fingerprint density at radius 1 is 1.53 bits per heavy atom. The maximum atomic E-state index is 11.1. The number of nitro benzene ring substituents is 1. The second-order valence-electron chi connectivity index (χ2n) is 4.13. The number of hydrogen-bond acceptors (Lipinski definition) is 6. The molecule has 1 aromatic heterocycles. The number of ether oxygens (including phenoxy) is 1. The van der Waals surface area contributed by atoms with Crippen molar-refractivity contribution in [2.24, 2.45) is 0 Å². The van der Waals surface area contributed by atoms with Crippen molar-refractivity contribution in [2.45, 2.75) is 6.42 Å². The highest BCUT2D eigenvalue weighted by Gasteiger charge is 2.23. The van der Waals surface area contributed by atoms with E-state index in [0.717, 1.165) is 34.8 Å². The molecule has 2 aromatic rings. The lowest BCUT2D eigenvalue weighted by Crippen LogP contribution is -2.03. The summed E-state index contributed by atoms with van der Waals surface area (Å²) in [4.78, 5) is 16.0. The summed E-state index contributed by atoms with van der Waals surface area (Å²) in [5.74, 6) is 0.268. The zero-order chi connectivity index (χ0) is 13.4. The molecule has 1 aliphatic heterocycles. The van der Waals surface area contributed by atoms with Crippen LogP contribution in [0.2, 0.25) is 0 Å². The molecule has 0 fully saturated rings. The minimum Gasteiger partial charge on any atom is -0.490 e. The molecule has 19 heavy (non-hydrogen) atoms. The molecule has 0 saturated heterocycles. The van der Waals surface area contributed by atoms with Crippen LogP contribution in [-0.4, -0.2) is 23.6 Å². The van der Waals surface area contributed by atoms with E-state index in [0.29, 0.717) is 0 Å². The molecule has 98 valence electrons. The van der Waals surface area contributed by atoms with E-state index < -0.39 is 4.92 Å². The normalized spacial score (nSPS) is 12.9. The molecule has 0 saturated carbocycles. The molecule has 3 rings (SSSR count). The van der Waals surface area contributed by atoms with Crippen LogP contribution in [0.3, 0.4) is 0 Å². The van der Waals surface area contributed by atoms with Crippen LogP contribution in [0.1, 0.15) is 5.69 Å². The lowest BCUT2D eigenvalue weighted by Gasteiger charge is -2.10. The molecule has 0 radical (unpaired) electrons. The summed E-state index contributed by atoms with van der Waals surface area (Å²) in [6.45, 7) is 0.755. The molecule has 2 heterocycles. The number of fused-ring (bicyclic) bond motifs is 3. The predicted octanol–water partition coefficient (Wildman–Crippen LogP) is 2.69. The van der Waals surface area contributed by atoms with Crippen molar-refractivity contribution < 1.29 is 9.66 Å². The van der Waals surface area contributed by atoms with Gasteiger partial charge in [0, 0.05) is 36.3 Å². The van der Waals surface area contributed by atoms with Crippen LogP contribution in [0.5, 0.6) is 5.75 Å². The van der Waals surface area contributed by atoms with Gasteiger partial charge in [0.2, 0.25) is 0 Å². The molecule has 0 bridgehead atoms. The van der Waals surface area contributed by atoms with Crippen molar-refractivity contribution in [2.75, 3.05) is 19.0 Å². The van der Waals surface area contributed by atoms with Gasteiger partial charge in [0.15, 0.2) is 5.75 Å². The first-order chi connectivity index (χ1) is 9.20. The molecule has 7 heteroatoms. The zero-order valence-electron chi connectivity index (χ0n) is 10.2. The third-order valence-corrected chi connectivity index (χ3v) is 3.98. The molecule has 1 aliphatic rings. The highest BCUT2D eigenvalue weighted by atomic mass is 32.1. The Morgan fingerprint density at radius 3 is 3.11 bits per heavy atom. The number of anilines is 1. The predicted molar refractivity (Wildman–Crippen MR) is 73.0 cm³/mol. The average Bonchev–Trinajstić information content (AvgIpc) is 2.79. The Kier molecular flexibility index (Phi) is 2.83.